The van der Waals surface area contributed by atoms with E-state index in [4.69, 9.17) is 11.6 Å². The number of halogens is 1. The molecule has 21 heavy (non-hydrogen) atoms. The van der Waals surface area contributed by atoms with Crippen molar-refractivity contribution >= 4 is 21.4 Å². The van der Waals surface area contributed by atoms with Crippen molar-refractivity contribution in [2.75, 3.05) is 18.1 Å². The summed E-state index contributed by atoms with van der Waals surface area (Å²) in [5, 5.41) is 4.15. The molecule has 1 atom stereocenters. The second kappa shape index (κ2) is 7.61. The van der Waals surface area contributed by atoms with Crippen molar-refractivity contribution in [1.82, 2.24) is 5.32 Å². The minimum atomic E-state index is -2.96. The summed E-state index contributed by atoms with van der Waals surface area (Å²) in [6, 6.07) is 7.67. The largest absolute Gasteiger partial charge is 0.311 e. The van der Waals surface area contributed by atoms with E-state index < -0.39 is 9.84 Å². The van der Waals surface area contributed by atoms with Crippen LogP contribution in [0.4, 0.5) is 0 Å². The highest BCUT2D eigenvalue weighted by Crippen LogP contribution is 2.27. The molecule has 0 spiro atoms. The van der Waals surface area contributed by atoms with Crippen molar-refractivity contribution in [2.24, 2.45) is 0 Å². The molecule has 120 valence electrons. The lowest BCUT2D eigenvalue weighted by Crippen LogP contribution is -2.39. The quantitative estimate of drug-likeness (QED) is 0.829. The molecule has 3 nitrogen and oxygen atoms in total. The molecule has 0 radical (unpaired) electrons. The second-order valence-corrected chi connectivity index (χ2v) is 9.25. The maximum absolute atomic E-state index is 11.8. The van der Waals surface area contributed by atoms with E-state index in [1.165, 1.54) is 0 Å². The Hall–Kier alpha value is -0.580. The van der Waals surface area contributed by atoms with E-state index in [9.17, 15) is 8.42 Å². The minimum absolute atomic E-state index is 0.0108. The van der Waals surface area contributed by atoms with Gasteiger partial charge in [0.1, 0.15) is 9.84 Å². The summed E-state index contributed by atoms with van der Waals surface area (Å²) in [5.74, 6) is 0.486. The van der Waals surface area contributed by atoms with Gasteiger partial charge in [-0.3, -0.25) is 0 Å². The highest BCUT2D eigenvalue weighted by molar-refractivity contribution is 7.91. The van der Waals surface area contributed by atoms with E-state index in [-0.39, 0.29) is 23.0 Å². The van der Waals surface area contributed by atoms with Gasteiger partial charge in [0.15, 0.2) is 0 Å². The molecule has 1 aromatic carbocycles. The predicted molar refractivity (Wildman–Crippen MR) is 90.9 cm³/mol. The smallest absolute Gasteiger partial charge is 0.150 e. The molecular weight excluding hydrogens is 306 g/mol. The van der Waals surface area contributed by atoms with Crippen molar-refractivity contribution in [1.29, 1.82) is 0 Å². The maximum Gasteiger partial charge on any atom is 0.150 e. The standard InChI is InChI=1S/C16H26ClNO2S/c1-5-21(19,20)11-10-13(12-18-16(2,3)4)14-8-6-7-9-15(14)17/h6-9,13,18H,5,10-12H2,1-4H3. The van der Waals surface area contributed by atoms with Crippen molar-refractivity contribution < 1.29 is 8.42 Å². The molecule has 0 saturated carbocycles. The molecular formula is C16H26ClNO2S. The van der Waals surface area contributed by atoms with Gasteiger partial charge in [0.05, 0.1) is 5.75 Å². The van der Waals surface area contributed by atoms with Crippen molar-refractivity contribution in [3.8, 4) is 0 Å². The number of rotatable bonds is 7. The molecule has 0 fully saturated rings. The van der Waals surface area contributed by atoms with Crippen LogP contribution in [0.2, 0.25) is 5.02 Å². The summed E-state index contributed by atoms with van der Waals surface area (Å²) < 4.78 is 23.5. The van der Waals surface area contributed by atoms with Gasteiger partial charge in [-0.05, 0) is 44.7 Å². The fraction of sp³-hybridized carbons (Fsp3) is 0.625. The van der Waals surface area contributed by atoms with Crippen LogP contribution in [0.25, 0.3) is 0 Å². The molecule has 0 aliphatic rings. The lowest BCUT2D eigenvalue weighted by Gasteiger charge is -2.26. The Morgan fingerprint density at radius 2 is 1.86 bits per heavy atom. The van der Waals surface area contributed by atoms with E-state index >= 15 is 0 Å². The molecule has 0 bridgehead atoms. The fourth-order valence-electron chi connectivity index (χ4n) is 2.07. The van der Waals surface area contributed by atoms with Gasteiger partial charge in [-0.2, -0.15) is 0 Å². The summed E-state index contributed by atoms with van der Waals surface area (Å²) >= 11 is 6.28. The van der Waals surface area contributed by atoms with Crippen molar-refractivity contribution in [3.63, 3.8) is 0 Å². The second-order valence-electron chi connectivity index (χ2n) is 6.37. The third kappa shape index (κ3) is 6.81. The van der Waals surface area contributed by atoms with Crippen LogP contribution in [-0.4, -0.2) is 32.0 Å². The molecule has 0 saturated heterocycles. The third-order valence-corrected chi connectivity index (χ3v) is 5.52. The van der Waals surface area contributed by atoms with Crippen molar-refractivity contribution in [2.45, 2.75) is 45.6 Å². The summed E-state index contributed by atoms with van der Waals surface area (Å²) in [5.41, 5.74) is 1.01. The monoisotopic (exact) mass is 331 g/mol. The zero-order valence-electron chi connectivity index (χ0n) is 13.3. The molecule has 1 N–H and O–H groups in total. The van der Waals surface area contributed by atoms with E-state index in [0.717, 1.165) is 5.56 Å². The summed E-state index contributed by atoms with van der Waals surface area (Å²) in [6.07, 6.45) is 0.586. The van der Waals surface area contributed by atoms with Gasteiger partial charge in [0, 0.05) is 22.9 Å². The summed E-state index contributed by atoms with van der Waals surface area (Å²) in [6.45, 7) is 8.69. The fourth-order valence-corrected chi connectivity index (χ4v) is 3.29. The van der Waals surface area contributed by atoms with Crippen LogP contribution in [0.5, 0.6) is 0 Å². The first-order valence-corrected chi connectivity index (χ1v) is 9.54. The predicted octanol–water partition coefficient (Wildman–Crippen LogP) is 3.64. The van der Waals surface area contributed by atoms with Gasteiger partial charge in [-0.15, -0.1) is 0 Å². The maximum atomic E-state index is 11.8. The van der Waals surface area contributed by atoms with Gasteiger partial charge in [0.25, 0.3) is 0 Å². The average molecular weight is 332 g/mol. The van der Waals surface area contributed by atoms with Crippen LogP contribution >= 0.6 is 11.6 Å². The number of benzene rings is 1. The first kappa shape index (κ1) is 18.5. The third-order valence-electron chi connectivity index (χ3n) is 3.44. The molecule has 0 amide bonds. The van der Waals surface area contributed by atoms with Crippen LogP contribution in [0, 0.1) is 0 Å². The highest BCUT2D eigenvalue weighted by atomic mass is 35.5. The zero-order valence-corrected chi connectivity index (χ0v) is 14.9. The lowest BCUT2D eigenvalue weighted by molar-refractivity contribution is 0.403. The molecule has 0 aliphatic heterocycles. The van der Waals surface area contributed by atoms with E-state index in [1.54, 1.807) is 6.92 Å². The lowest BCUT2D eigenvalue weighted by atomic mass is 9.95. The highest BCUT2D eigenvalue weighted by Gasteiger charge is 2.20. The van der Waals surface area contributed by atoms with Gasteiger partial charge in [-0.25, -0.2) is 8.42 Å². The van der Waals surface area contributed by atoms with Gasteiger partial charge < -0.3 is 5.32 Å². The number of nitrogens with one attached hydrogen (secondary N) is 1. The molecule has 0 aliphatic carbocycles. The number of hydrogen-bond donors (Lipinski definition) is 1. The first-order valence-electron chi connectivity index (χ1n) is 7.34. The van der Waals surface area contributed by atoms with Crippen LogP contribution in [-0.2, 0) is 9.84 Å². The molecule has 1 unspecified atom stereocenters. The van der Waals surface area contributed by atoms with Crippen LogP contribution in [0.3, 0.4) is 0 Å². The van der Waals surface area contributed by atoms with E-state index in [0.29, 0.717) is 18.0 Å². The normalized spacial score (nSPS) is 14.1. The summed E-state index contributed by atoms with van der Waals surface area (Å²) in [7, 11) is -2.96. The topological polar surface area (TPSA) is 46.2 Å². The Kier molecular flexibility index (Phi) is 6.70. The van der Waals surface area contributed by atoms with Gasteiger partial charge >= 0.3 is 0 Å². The molecule has 5 heteroatoms. The summed E-state index contributed by atoms with van der Waals surface area (Å²) in [4.78, 5) is 0. The Morgan fingerprint density at radius 3 is 2.38 bits per heavy atom. The van der Waals surface area contributed by atoms with Crippen LogP contribution < -0.4 is 5.32 Å². The molecule has 0 aromatic heterocycles. The van der Waals surface area contributed by atoms with Crippen molar-refractivity contribution in [3.05, 3.63) is 34.9 Å². The Bertz CT molecular complexity index is 550. The number of sulfone groups is 1. The van der Waals surface area contributed by atoms with Crippen LogP contribution in [0.15, 0.2) is 24.3 Å². The molecule has 1 aromatic rings. The zero-order chi connectivity index (χ0) is 16.1. The van der Waals surface area contributed by atoms with Gasteiger partial charge in [-0.1, -0.05) is 36.7 Å². The Morgan fingerprint density at radius 1 is 1.24 bits per heavy atom. The Labute approximate surface area is 134 Å². The molecule has 1 rings (SSSR count). The van der Waals surface area contributed by atoms with E-state index in [2.05, 4.69) is 26.1 Å². The number of hydrogen-bond acceptors (Lipinski definition) is 3. The average Bonchev–Trinajstić information content (AvgIpc) is 2.39. The SMILES string of the molecule is CCS(=O)(=O)CCC(CNC(C)(C)C)c1ccccc1Cl. The van der Waals surface area contributed by atoms with Crippen LogP contribution in [0.1, 0.15) is 45.6 Å². The van der Waals surface area contributed by atoms with E-state index in [1.807, 2.05) is 24.3 Å². The molecule has 0 heterocycles. The van der Waals surface area contributed by atoms with Gasteiger partial charge in [0.2, 0.25) is 0 Å². The first-order chi connectivity index (χ1) is 9.64. The Balaban J connectivity index is 2.87. The minimum Gasteiger partial charge on any atom is -0.311 e.